The van der Waals surface area contributed by atoms with Crippen LogP contribution in [-0.2, 0) is 20.9 Å². The highest BCUT2D eigenvalue weighted by Gasteiger charge is 2.23. The van der Waals surface area contributed by atoms with Crippen molar-refractivity contribution in [3.8, 4) is 22.6 Å². The summed E-state index contributed by atoms with van der Waals surface area (Å²) in [6, 6.07) is 32.9. The molecule has 1 atom stereocenters. The Labute approximate surface area is 286 Å². The molecule has 9 nitrogen and oxygen atoms in total. The van der Waals surface area contributed by atoms with Gasteiger partial charge in [-0.1, -0.05) is 104 Å². The van der Waals surface area contributed by atoms with Crippen LogP contribution in [0.1, 0.15) is 31.2 Å². The number of hydrogen-bond acceptors (Lipinski definition) is 6. The molecule has 0 bridgehead atoms. The van der Waals surface area contributed by atoms with E-state index in [4.69, 9.17) is 25.7 Å². The van der Waals surface area contributed by atoms with Gasteiger partial charge in [-0.3, -0.25) is 9.79 Å². The number of nitrogens with one attached hydrogen (secondary N) is 1. The largest absolute Gasteiger partial charge is 0.493 e. The maximum atomic E-state index is 13.1. The molecular formula is C40H42N4O5. The van der Waals surface area contributed by atoms with Crippen LogP contribution < -0.4 is 26.3 Å². The van der Waals surface area contributed by atoms with E-state index >= 15 is 0 Å². The second-order valence-corrected chi connectivity index (χ2v) is 11.5. The molecular weight excluding hydrogens is 616 g/mol. The van der Waals surface area contributed by atoms with Crippen LogP contribution >= 0.6 is 0 Å². The molecule has 49 heavy (non-hydrogen) atoms. The molecule has 5 aromatic rings. The first-order valence-corrected chi connectivity index (χ1v) is 16.4. The second-order valence-electron chi connectivity index (χ2n) is 11.5. The molecule has 9 heteroatoms. The van der Waals surface area contributed by atoms with Gasteiger partial charge in [0.25, 0.3) is 0 Å². The zero-order valence-electron chi connectivity index (χ0n) is 27.5. The van der Waals surface area contributed by atoms with E-state index in [1.54, 1.807) is 6.08 Å². The number of aliphatic imine (C=N–C) groups is 1. The van der Waals surface area contributed by atoms with Crippen molar-refractivity contribution >= 4 is 39.4 Å². The minimum Gasteiger partial charge on any atom is -0.493 e. The van der Waals surface area contributed by atoms with Crippen LogP contribution in [0.3, 0.4) is 0 Å². The van der Waals surface area contributed by atoms with Crippen molar-refractivity contribution in [3.05, 3.63) is 121 Å². The third-order valence-electron chi connectivity index (χ3n) is 7.98. The molecule has 1 amide bonds. The SMILES string of the molecule is C=CCOc1ccc2ccccc2c1-c1c(OCCCC(=O)N[C@H](CCCN=C(N)N)C(=O)OCc2ccccc2)ccc2ccccc12. The number of hydrogen-bond donors (Lipinski definition) is 3. The predicted octanol–water partition coefficient (Wildman–Crippen LogP) is 6.67. The van der Waals surface area contributed by atoms with Gasteiger partial charge in [0, 0.05) is 24.1 Å². The lowest BCUT2D eigenvalue weighted by atomic mass is 9.92. The summed E-state index contributed by atoms with van der Waals surface area (Å²) in [5.74, 6) is 0.594. The molecule has 0 aliphatic rings. The van der Waals surface area contributed by atoms with E-state index in [2.05, 4.69) is 41.2 Å². The van der Waals surface area contributed by atoms with E-state index in [9.17, 15) is 9.59 Å². The van der Waals surface area contributed by atoms with Crippen LogP contribution in [0.15, 0.2) is 121 Å². The van der Waals surface area contributed by atoms with Gasteiger partial charge >= 0.3 is 5.97 Å². The number of guanidine groups is 1. The normalized spacial score (nSPS) is 11.4. The molecule has 0 saturated heterocycles. The van der Waals surface area contributed by atoms with Crippen molar-refractivity contribution in [2.75, 3.05) is 19.8 Å². The van der Waals surface area contributed by atoms with E-state index in [1.165, 1.54) is 0 Å². The van der Waals surface area contributed by atoms with E-state index in [1.807, 2.05) is 78.9 Å². The fraction of sp³-hybridized carbons (Fsp3) is 0.225. The molecule has 5 aromatic carbocycles. The van der Waals surface area contributed by atoms with Gasteiger partial charge in [0.1, 0.15) is 30.8 Å². The number of ether oxygens (including phenoxy) is 3. The number of esters is 1. The summed E-state index contributed by atoms with van der Waals surface area (Å²) in [6.45, 7) is 4.90. The summed E-state index contributed by atoms with van der Waals surface area (Å²) in [5.41, 5.74) is 13.6. The molecule has 252 valence electrons. The Morgan fingerprint density at radius 2 is 1.39 bits per heavy atom. The highest BCUT2D eigenvalue weighted by atomic mass is 16.5. The first-order valence-electron chi connectivity index (χ1n) is 16.4. The molecule has 0 radical (unpaired) electrons. The molecule has 0 heterocycles. The van der Waals surface area contributed by atoms with Gasteiger partial charge in [-0.25, -0.2) is 4.79 Å². The highest BCUT2D eigenvalue weighted by Crippen LogP contribution is 2.45. The Kier molecular flexibility index (Phi) is 12.2. The first kappa shape index (κ1) is 34.5. The Bertz CT molecular complexity index is 1920. The molecule has 0 aromatic heterocycles. The van der Waals surface area contributed by atoms with Crippen molar-refractivity contribution in [1.29, 1.82) is 0 Å². The molecule has 0 unspecified atom stereocenters. The van der Waals surface area contributed by atoms with E-state index in [0.29, 0.717) is 38.2 Å². The quantitative estimate of drug-likeness (QED) is 0.0334. The maximum Gasteiger partial charge on any atom is 0.328 e. The zero-order chi connectivity index (χ0) is 34.4. The minimum absolute atomic E-state index is 0.0252. The number of benzene rings is 5. The number of nitrogens with two attached hydrogens (primary N) is 2. The minimum atomic E-state index is -0.834. The molecule has 0 aliphatic carbocycles. The average Bonchev–Trinajstić information content (AvgIpc) is 3.12. The fourth-order valence-corrected chi connectivity index (χ4v) is 5.67. The highest BCUT2D eigenvalue weighted by molar-refractivity contribution is 6.09. The van der Waals surface area contributed by atoms with Crippen molar-refractivity contribution < 1.29 is 23.8 Å². The topological polar surface area (TPSA) is 138 Å². The number of carbonyl (C=O) groups excluding carboxylic acids is 2. The van der Waals surface area contributed by atoms with Crippen LogP contribution in [0, 0.1) is 0 Å². The van der Waals surface area contributed by atoms with Crippen LogP contribution in [0.2, 0.25) is 0 Å². The molecule has 5 N–H and O–H groups in total. The first-order chi connectivity index (χ1) is 23.9. The average molecular weight is 659 g/mol. The van der Waals surface area contributed by atoms with E-state index in [0.717, 1.165) is 44.0 Å². The van der Waals surface area contributed by atoms with Crippen molar-refractivity contribution in [3.63, 3.8) is 0 Å². The lowest BCUT2D eigenvalue weighted by Crippen LogP contribution is -2.42. The molecule has 0 spiro atoms. The van der Waals surface area contributed by atoms with E-state index in [-0.39, 0.29) is 31.5 Å². The van der Waals surface area contributed by atoms with Gasteiger partial charge < -0.3 is 31.0 Å². The van der Waals surface area contributed by atoms with Crippen LogP contribution in [-0.4, -0.2) is 43.6 Å². The van der Waals surface area contributed by atoms with Gasteiger partial charge in [0.05, 0.1) is 6.61 Å². The number of rotatable bonds is 17. The Morgan fingerprint density at radius 3 is 2.02 bits per heavy atom. The number of nitrogens with zero attached hydrogens (tertiary/aromatic N) is 1. The van der Waals surface area contributed by atoms with Crippen molar-refractivity contribution in [1.82, 2.24) is 5.32 Å². The molecule has 5 rings (SSSR count). The fourth-order valence-electron chi connectivity index (χ4n) is 5.67. The summed E-state index contributed by atoms with van der Waals surface area (Å²) in [5, 5.41) is 7.05. The maximum absolute atomic E-state index is 13.1. The third kappa shape index (κ3) is 9.38. The third-order valence-corrected chi connectivity index (χ3v) is 7.98. The smallest absolute Gasteiger partial charge is 0.328 e. The molecule has 0 saturated carbocycles. The molecule has 0 fully saturated rings. The van der Waals surface area contributed by atoms with Crippen molar-refractivity contribution in [2.24, 2.45) is 16.5 Å². The lowest BCUT2D eigenvalue weighted by molar-refractivity contribution is -0.149. The summed E-state index contributed by atoms with van der Waals surface area (Å²) >= 11 is 0. The van der Waals surface area contributed by atoms with Gasteiger partial charge in [-0.05, 0) is 58.5 Å². The lowest BCUT2D eigenvalue weighted by Gasteiger charge is -2.20. The zero-order valence-corrected chi connectivity index (χ0v) is 27.5. The standard InChI is InChI=1S/C40H42N4O5/c1-2-25-47-34-22-20-29-14-6-8-16-31(29)37(34)38-32-17-9-7-15-30(32)21-23-35(38)48-26-11-19-36(45)44-33(18-10-24-43-40(41)42)39(46)49-27-28-12-4-3-5-13-28/h2-9,12-17,20-23,33H,1,10-11,18-19,24-27H2,(H,44,45)(H4,41,42,43)/t33-/m1/s1. The van der Waals surface area contributed by atoms with Gasteiger partial charge in [-0.2, -0.15) is 0 Å². The molecule has 0 aliphatic heterocycles. The predicted molar refractivity (Wildman–Crippen MR) is 195 cm³/mol. The summed E-state index contributed by atoms with van der Waals surface area (Å²) in [4.78, 5) is 30.1. The summed E-state index contributed by atoms with van der Waals surface area (Å²) in [6.07, 6.45) is 3.12. The van der Waals surface area contributed by atoms with Gasteiger partial charge in [-0.15, -0.1) is 0 Å². The van der Waals surface area contributed by atoms with Gasteiger partial charge in [0.2, 0.25) is 5.91 Å². The van der Waals surface area contributed by atoms with Crippen molar-refractivity contribution in [2.45, 2.75) is 38.3 Å². The van der Waals surface area contributed by atoms with Crippen LogP contribution in [0.5, 0.6) is 11.5 Å². The number of carbonyl (C=O) groups is 2. The van der Waals surface area contributed by atoms with Crippen LogP contribution in [0.25, 0.3) is 32.7 Å². The summed E-state index contributed by atoms with van der Waals surface area (Å²) < 4.78 is 18.1. The summed E-state index contributed by atoms with van der Waals surface area (Å²) in [7, 11) is 0. The number of fused-ring (bicyclic) bond motifs is 2. The Morgan fingerprint density at radius 1 is 0.776 bits per heavy atom. The number of amides is 1. The second kappa shape index (κ2) is 17.4. The Balaban J connectivity index is 1.29. The van der Waals surface area contributed by atoms with Crippen LogP contribution in [0.4, 0.5) is 0 Å². The Hall–Kier alpha value is -5.83. The van der Waals surface area contributed by atoms with E-state index < -0.39 is 12.0 Å². The monoisotopic (exact) mass is 658 g/mol. The van der Waals surface area contributed by atoms with Gasteiger partial charge in [0.15, 0.2) is 5.96 Å².